The van der Waals surface area contributed by atoms with Crippen molar-refractivity contribution >= 4 is 40.5 Å². The van der Waals surface area contributed by atoms with E-state index >= 15 is 0 Å². The number of halogens is 3. The van der Waals surface area contributed by atoms with Gasteiger partial charge >= 0.3 is 0 Å². The van der Waals surface area contributed by atoms with Gasteiger partial charge in [-0.2, -0.15) is 0 Å². The van der Waals surface area contributed by atoms with Crippen LogP contribution in [-0.4, -0.2) is 12.0 Å². The van der Waals surface area contributed by atoms with Crippen LogP contribution in [0.5, 0.6) is 5.75 Å². The Kier molecular flexibility index (Phi) is 3.42. The van der Waals surface area contributed by atoms with E-state index in [1.54, 1.807) is 0 Å². The van der Waals surface area contributed by atoms with Crippen LogP contribution in [0.3, 0.4) is 0 Å². The number of nitro groups is 1. The largest absolute Gasteiger partial charge is 0.494 e. The molecule has 76 valence electrons. The normalized spacial score (nSPS) is 10.0. The molecule has 14 heavy (non-hydrogen) atoms. The van der Waals surface area contributed by atoms with Gasteiger partial charge in [0.05, 0.1) is 17.1 Å². The second kappa shape index (κ2) is 4.21. The molecule has 0 fully saturated rings. The highest BCUT2D eigenvalue weighted by Crippen LogP contribution is 2.43. The highest BCUT2D eigenvalue weighted by atomic mass is 35.5. The van der Waals surface area contributed by atoms with Crippen LogP contribution in [0.4, 0.5) is 5.69 Å². The maximum absolute atomic E-state index is 10.5. The van der Waals surface area contributed by atoms with Crippen molar-refractivity contribution in [3.8, 4) is 5.75 Å². The van der Waals surface area contributed by atoms with E-state index in [-0.39, 0.29) is 26.5 Å². The Labute approximate surface area is 94.5 Å². The lowest BCUT2D eigenvalue weighted by Gasteiger charge is -2.06. The SMILES string of the molecule is COc1c(Cl)cc([N+](=O)[O-])c(Cl)c1Cl. The number of nitrogens with zero attached hydrogens (tertiary/aromatic N) is 1. The van der Waals surface area contributed by atoms with E-state index in [4.69, 9.17) is 39.5 Å². The minimum absolute atomic E-state index is 0.0496. The van der Waals surface area contributed by atoms with Crippen LogP contribution in [0.1, 0.15) is 0 Å². The standard InChI is InChI=1S/C7H4Cl3NO3/c1-14-7-3(8)2-4(11(12)13)5(9)6(7)10/h2H,1H3. The molecule has 4 nitrogen and oxygen atoms in total. The van der Waals surface area contributed by atoms with Crippen molar-refractivity contribution < 1.29 is 9.66 Å². The summed E-state index contributed by atoms with van der Waals surface area (Å²) in [6, 6.07) is 1.09. The molecule has 7 heteroatoms. The quantitative estimate of drug-likeness (QED) is 0.462. The number of methoxy groups -OCH3 is 1. The first-order valence-electron chi connectivity index (χ1n) is 3.35. The summed E-state index contributed by atoms with van der Waals surface area (Å²) in [6.45, 7) is 0. The fourth-order valence-corrected chi connectivity index (χ4v) is 1.69. The van der Waals surface area contributed by atoms with Crippen molar-refractivity contribution in [2.75, 3.05) is 7.11 Å². The molecule has 0 atom stereocenters. The van der Waals surface area contributed by atoms with E-state index in [2.05, 4.69) is 0 Å². The number of nitro benzene ring substituents is 1. The van der Waals surface area contributed by atoms with Gasteiger partial charge in [-0.1, -0.05) is 34.8 Å². The van der Waals surface area contributed by atoms with Crippen molar-refractivity contribution in [2.24, 2.45) is 0 Å². The maximum Gasteiger partial charge on any atom is 0.291 e. The van der Waals surface area contributed by atoms with Gasteiger partial charge in [0.15, 0.2) is 5.75 Å². The van der Waals surface area contributed by atoms with Gasteiger partial charge in [-0.15, -0.1) is 0 Å². The van der Waals surface area contributed by atoms with Crippen LogP contribution in [0.15, 0.2) is 6.07 Å². The molecule has 0 unspecified atom stereocenters. The van der Waals surface area contributed by atoms with Crippen LogP contribution in [-0.2, 0) is 0 Å². The Balaban J connectivity index is 3.47. The van der Waals surface area contributed by atoms with Gasteiger partial charge in [0.25, 0.3) is 5.69 Å². The summed E-state index contributed by atoms with van der Waals surface area (Å²) in [4.78, 5) is 9.82. The molecule has 1 aromatic rings. The Morgan fingerprint density at radius 2 is 1.93 bits per heavy atom. The van der Waals surface area contributed by atoms with Crippen LogP contribution in [0.2, 0.25) is 15.1 Å². The average Bonchev–Trinajstić information content (AvgIpc) is 2.12. The number of rotatable bonds is 2. The smallest absolute Gasteiger partial charge is 0.291 e. The molecule has 0 spiro atoms. The van der Waals surface area contributed by atoms with Gasteiger partial charge in [0.2, 0.25) is 0 Å². The van der Waals surface area contributed by atoms with Crippen LogP contribution in [0, 0.1) is 10.1 Å². The minimum atomic E-state index is -0.667. The lowest BCUT2D eigenvalue weighted by Crippen LogP contribution is -1.93. The van der Waals surface area contributed by atoms with E-state index in [0.29, 0.717) is 0 Å². The highest BCUT2D eigenvalue weighted by molar-refractivity contribution is 6.46. The molecule has 1 aromatic carbocycles. The van der Waals surface area contributed by atoms with E-state index in [9.17, 15) is 10.1 Å². The Morgan fingerprint density at radius 1 is 1.36 bits per heavy atom. The number of hydrogen-bond donors (Lipinski definition) is 0. The van der Waals surface area contributed by atoms with Crippen LogP contribution in [0.25, 0.3) is 0 Å². The molecule has 0 bridgehead atoms. The van der Waals surface area contributed by atoms with E-state index in [1.807, 2.05) is 0 Å². The summed E-state index contributed by atoms with van der Waals surface area (Å²) >= 11 is 17.0. The summed E-state index contributed by atoms with van der Waals surface area (Å²) in [5.74, 6) is 0.129. The first-order valence-corrected chi connectivity index (χ1v) is 4.48. The van der Waals surface area contributed by atoms with Crippen LogP contribution >= 0.6 is 34.8 Å². The molecule has 0 amide bonds. The van der Waals surface area contributed by atoms with E-state index in [1.165, 1.54) is 7.11 Å². The Hall–Kier alpha value is -0.710. The lowest BCUT2D eigenvalue weighted by atomic mass is 10.3. The van der Waals surface area contributed by atoms with Gasteiger partial charge in [-0.3, -0.25) is 10.1 Å². The molecule has 0 aliphatic heterocycles. The third kappa shape index (κ3) is 1.87. The summed E-state index contributed by atoms with van der Waals surface area (Å²) in [7, 11) is 1.34. The fourth-order valence-electron chi connectivity index (χ4n) is 0.886. The first-order chi connectivity index (χ1) is 6.49. The zero-order chi connectivity index (χ0) is 10.9. The topological polar surface area (TPSA) is 52.4 Å². The number of benzene rings is 1. The Bertz CT molecular complexity index is 394. The molecular weight excluding hydrogens is 252 g/mol. The van der Waals surface area contributed by atoms with Gasteiger partial charge in [-0.25, -0.2) is 0 Å². The van der Waals surface area contributed by atoms with Crippen molar-refractivity contribution in [1.29, 1.82) is 0 Å². The fraction of sp³-hybridized carbons (Fsp3) is 0.143. The van der Waals surface area contributed by atoms with Crippen molar-refractivity contribution in [2.45, 2.75) is 0 Å². The van der Waals surface area contributed by atoms with Gasteiger partial charge in [-0.05, 0) is 0 Å². The predicted molar refractivity (Wildman–Crippen MR) is 54.7 cm³/mol. The summed E-state index contributed by atoms with van der Waals surface area (Å²) in [5.41, 5.74) is -0.345. The highest BCUT2D eigenvalue weighted by Gasteiger charge is 2.22. The molecule has 0 aromatic heterocycles. The molecule has 0 aliphatic carbocycles. The second-order valence-electron chi connectivity index (χ2n) is 2.30. The molecule has 0 heterocycles. The molecule has 0 saturated heterocycles. The first kappa shape index (κ1) is 11.4. The zero-order valence-electron chi connectivity index (χ0n) is 6.88. The third-order valence-electron chi connectivity index (χ3n) is 1.50. The summed E-state index contributed by atoms with van der Waals surface area (Å²) < 4.78 is 4.82. The summed E-state index contributed by atoms with van der Waals surface area (Å²) in [6.07, 6.45) is 0. The molecule has 0 N–H and O–H groups in total. The predicted octanol–water partition coefficient (Wildman–Crippen LogP) is 3.56. The van der Waals surface area contributed by atoms with Crippen LogP contribution < -0.4 is 4.74 Å². The van der Waals surface area contributed by atoms with Gasteiger partial charge in [0.1, 0.15) is 10.0 Å². The number of hydrogen-bond acceptors (Lipinski definition) is 3. The van der Waals surface area contributed by atoms with Crippen molar-refractivity contribution in [1.82, 2.24) is 0 Å². The molecule has 0 saturated carbocycles. The van der Waals surface area contributed by atoms with Crippen molar-refractivity contribution in [3.05, 3.63) is 31.2 Å². The monoisotopic (exact) mass is 255 g/mol. The van der Waals surface area contributed by atoms with E-state index < -0.39 is 4.92 Å². The molecule has 0 aliphatic rings. The Morgan fingerprint density at radius 3 is 2.36 bits per heavy atom. The van der Waals surface area contributed by atoms with Crippen molar-refractivity contribution in [3.63, 3.8) is 0 Å². The van der Waals surface area contributed by atoms with Gasteiger partial charge < -0.3 is 4.74 Å². The average molecular weight is 256 g/mol. The van der Waals surface area contributed by atoms with Gasteiger partial charge in [0, 0.05) is 6.07 Å². The number of ether oxygens (including phenoxy) is 1. The lowest BCUT2D eigenvalue weighted by molar-refractivity contribution is -0.384. The molecule has 1 rings (SSSR count). The maximum atomic E-state index is 10.5. The molecule has 0 radical (unpaired) electrons. The zero-order valence-corrected chi connectivity index (χ0v) is 9.15. The summed E-state index contributed by atoms with van der Waals surface area (Å²) in [5, 5.41) is 10.3. The molecular formula is C7H4Cl3NO3. The second-order valence-corrected chi connectivity index (χ2v) is 3.46. The van der Waals surface area contributed by atoms with E-state index in [0.717, 1.165) is 6.07 Å². The minimum Gasteiger partial charge on any atom is -0.494 e. The third-order valence-corrected chi connectivity index (χ3v) is 2.62.